The predicted octanol–water partition coefficient (Wildman–Crippen LogP) is 4.59. The third-order valence-corrected chi connectivity index (χ3v) is 4.32. The molecule has 4 nitrogen and oxygen atoms in total. The molecule has 1 aromatic heterocycles. The Bertz CT molecular complexity index is 1150. The van der Waals surface area contributed by atoms with Gasteiger partial charge in [-0.2, -0.15) is 13.2 Å². The van der Waals surface area contributed by atoms with Gasteiger partial charge in [-0.3, -0.25) is 4.79 Å². The third kappa shape index (κ3) is 3.85. The van der Waals surface area contributed by atoms with Gasteiger partial charge in [0.2, 0.25) is 5.43 Å². The SMILES string of the molecule is CCOC(=O)c1c[nH]c2c(F)c(Cc3ccccc3C(F)(F)F)cc(F)c2c1=O. The van der Waals surface area contributed by atoms with Gasteiger partial charge in [0.15, 0.2) is 5.82 Å². The highest BCUT2D eigenvalue weighted by atomic mass is 19.4. The van der Waals surface area contributed by atoms with Crippen molar-refractivity contribution in [2.75, 3.05) is 6.61 Å². The summed E-state index contributed by atoms with van der Waals surface area (Å²) in [6, 6.07) is 5.22. The number of nitrogens with one attached hydrogen (secondary N) is 1. The van der Waals surface area contributed by atoms with Crippen LogP contribution in [0.1, 0.15) is 34.0 Å². The molecule has 0 amide bonds. The number of benzene rings is 2. The molecule has 2 aromatic carbocycles. The first kappa shape index (κ1) is 20.5. The maximum Gasteiger partial charge on any atom is 0.416 e. The van der Waals surface area contributed by atoms with Crippen LogP contribution < -0.4 is 5.43 Å². The number of pyridine rings is 1. The second kappa shape index (κ2) is 7.65. The van der Waals surface area contributed by atoms with E-state index < -0.39 is 57.7 Å². The Hall–Kier alpha value is -3.23. The van der Waals surface area contributed by atoms with Crippen molar-refractivity contribution >= 4 is 16.9 Å². The highest BCUT2D eigenvalue weighted by molar-refractivity contribution is 5.94. The highest BCUT2D eigenvalue weighted by Gasteiger charge is 2.33. The molecule has 1 N–H and O–H groups in total. The molecule has 0 aliphatic rings. The van der Waals surface area contributed by atoms with Crippen molar-refractivity contribution in [1.82, 2.24) is 4.98 Å². The fourth-order valence-electron chi connectivity index (χ4n) is 3.03. The number of aromatic nitrogens is 1. The molecule has 0 saturated heterocycles. The van der Waals surface area contributed by atoms with E-state index in [0.717, 1.165) is 18.3 Å². The molecule has 0 aliphatic carbocycles. The van der Waals surface area contributed by atoms with Crippen molar-refractivity contribution in [3.63, 3.8) is 0 Å². The summed E-state index contributed by atoms with van der Waals surface area (Å²) in [5.41, 5.74) is -3.70. The number of rotatable bonds is 4. The van der Waals surface area contributed by atoms with Crippen LogP contribution >= 0.6 is 0 Å². The fourth-order valence-corrected chi connectivity index (χ4v) is 3.03. The first-order valence-electron chi connectivity index (χ1n) is 8.49. The van der Waals surface area contributed by atoms with Crippen molar-refractivity contribution in [2.45, 2.75) is 19.5 Å². The number of halogens is 5. The summed E-state index contributed by atoms with van der Waals surface area (Å²) in [6.45, 7) is 1.49. The Morgan fingerprint density at radius 3 is 2.48 bits per heavy atom. The predicted molar refractivity (Wildman–Crippen MR) is 94.7 cm³/mol. The molecule has 9 heteroatoms. The minimum absolute atomic E-state index is 0.0231. The molecule has 0 radical (unpaired) electrons. The molecule has 0 unspecified atom stereocenters. The van der Waals surface area contributed by atoms with E-state index in [1.54, 1.807) is 0 Å². The van der Waals surface area contributed by atoms with E-state index >= 15 is 0 Å². The van der Waals surface area contributed by atoms with E-state index in [9.17, 15) is 31.5 Å². The smallest absolute Gasteiger partial charge is 0.416 e. The second-order valence-corrected chi connectivity index (χ2v) is 6.17. The molecule has 0 spiro atoms. The number of H-pyrrole nitrogens is 1. The molecule has 3 aromatic rings. The topological polar surface area (TPSA) is 59.2 Å². The summed E-state index contributed by atoms with van der Waals surface area (Å²) < 4.78 is 73.7. The van der Waals surface area contributed by atoms with Crippen molar-refractivity contribution in [2.24, 2.45) is 0 Å². The van der Waals surface area contributed by atoms with Crippen LogP contribution in [0.15, 0.2) is 41.3 Å². The monoisotopic (exact) mass is 411 g/mol. The van der Waals surface area contributed by atoms with Crippen LogP contribution in [0.3, 0.4) is 0 Å². The van der Waals surface area contributed by atoms with Crippen molar-refractivity contribution in [1.29, 1.82) is 0 Å². The average Bonchev–Trinajstić information content (AvgIpc) is 2.65. The van der Waals surface area contributed by atoms with Gasteiger partial charge >= 0.3 is 12.1 Å². The van der Waals surface area contributed by atoms with Crippen molar-refractivity contribution < 1.29 is 31.5 Å². The number of fused-ring (bicyclic) bond motifs is 1. The molecule has 0 atom stereocenters. The third-order valence-electron chi connectivity index (χ3n) is 4.32. The molecule has 152 valence electrons. The summed E-state index contributed by atoms with van der Waals surface area (Å²) in [4.78, 5) is 26.5. The molecule has 0 bridgehead atoms. The summed E-state index contributed by atoms with van der Waals surface area (Å²) >= 11 is 0. The van der Waals surface area contributed by atoms with Crippen LogP contribution in [0.2, 0.25) is 0 Å². The quantitative estimate of drug-likeness (QED) is 0.505. The minimum atomic E-state index is -4.66. The molecule has 0 aliphatic heterocycles. The lowest BCUT2D eigenvalue weighted by molar-refractivity contribution is -0.138. The lowest BCUT2D eigenvalue weighted by atomic mass is 9.97. The molecule has 1 heterocycles. The van der Waals surface area contributed by atoms with Crippen LogP contribution in [-0.4, -0.2) is 17.6 Å². The number of esters is 1. The van der Waals surface area contributed by atoms with Gasteiger partial charge in [-0.05, 0) is 30.2 Å². The Morgan fingerprint density at radius 2 is 1.83 bits per heavy atom. The van der Waals surface area contributed by atoms with Crippen LogP contribution in [-0.2, 0) is 17.3 Å². The minimum Gasteiger partial charge on any atom is -0.462 e. The van der Waals surface area contributed by atoms with E-state index in [1.165, 1.54) is 19.1 Å². The summed E-state index contributed by atoms with van der Waals surface area (Å²) in [5.74, 6) is -3.24. The molecular formula is C20H14F5NO3. The maximum absolute atomic E-state index is 14.9. The number of hydrogen-bond donors (Lipinski definition) is 1. The molecule has 3 rings (SSSR count). The van der Waals surface area contributed by atoms with Crippen LogP contribution in [0, 0.1) is 11.6 Å². The van der Waals surface area contributed by atoms with Crippen molar-refractivity contribution in [3.05, 3.63) is 80.6 Å². The summed E-state index contributed by atoms with van der Waals surface area (Å²) in [6.07, 6.45) is -4.32. The van der Waals surface area contributed by atoms with Crippen LogP contribution in [0.25, 0.3) is 10.9 Å². The summed E-state index contributed by atoms with van der Waals surface area (Å²) in [5, 5.41) is -0.707. The van der Waals surface area contributed by atoms with Gasteiger partial charge in [-0.1, -0.05) is 18.2 Å². The zero-order valence-electron chi connectivity index (χ0n) is 15.0. The summed E-state index contributed by atoms with van der Waals surface area (Å²) in [7, 11) is 0. The zero-order valence-corrected chi connectivity index (χ0v) is 15.0. The number of carbonyl (C=O) groups is 1. The van der Waals surface area contributed by atoms with E-state index in [2.05, 4.69) is 4.98 Å². The molecule has 0 fully saturated rings. The first-order chi connectivity index (χ1) is 13.6. The number of ether oxygens (including phenoxy) is 1. The number of carbonyl (C=O) groups excluding carboxylic acids is 1. The van der Waals surface area contributed by atoms with Gasteiger partial charge in [-0.25, -0.2) is 13.6 Å². The van der Waals surface area contributed by atoms with Gasteiger partial charge in [0, 0.05) is 12.6 Å². The molecule has 0 saturated carbocycles. The maximum atomic E-state index is 14.9. The lowest BCUT2D eigenvalue weighted by Crippen LogP contribution is -2.20. The van der Waals surface area contributed by atoms with Crippen LogP contribution in [0.4, 0.5) is 22.0 Å². The highest BCUT2D eigenvalue weighted by Crippen LogP contribution is 2.33. The Kier molecular flexibility index (Phi) is 5.41. The van der Waals surface area contributed by atoms with Crippen molar-refractivity contribution in [3.8, 4) is 0 Å². The van der Waals surface area contributed by atoms with E-state index in [4.69, 9.17) is 4.74 Å². The van der Waals surface area contributed by atoms with E-state index in [0.29, 0.717) is 6.07 Å². The number of alkyl halides is 3. The zero-order chi connectivity index (χ0) is 21.3. The normalized spacial score (nSPS) is 11.7. The van der Waals surface area contributed by atoms with Gasteiger partial charge in [0.1, 0.15) is 11.4 Å². The number of hydrogen-bond acceptors (Lipinski definition) is 3. The Balaban J connectivity index is 2.14. The average molecular weight is 411 g/mol. The Labute approximate surface area is 160 Å². The Morgan fingerprint density at radius 1 is 1.14 bits per heavy atom. The largest absolute Gasteiger partial charge is 0.462 e. The lowest BCUT2D eigenvalue weighted by Gasteiger charge is -2.14. The van der Waals surface area contributed by atoms with E-state index in [-0.39, 0.29) is 17.7 Å². The van der Waals surface area contributed by atoms with E-state index in [1.807, 2.05) is 0 Å². The fraction of sp³-hybridized carbons (Fsp3) is 0.200. The van der Waals surface area contributed by atoms with Gasteiger partial charge in [0.25, 0.3) is 0 Å². The molecule has 29 heavy (non-hydrogen) atoms. The van der Waals surface area contributed by atoms with Gasteiger partial charge in [0.05, 0.1) is 23.1 Å². The van der Waals surface area contributed by atoms with Gasteiger partial charge < -0.3 is 9.72 Å². The first-order valence-corrected chi connectivity index (χ1v) is 8.49. The number of aromatic amines is 1. The second-order valence-electron chi connectivity index (χ2n) is 6.17. The standard InChI is InChI=1S/C20H14F5NO3/c1-2-29-19(28)12-9-26-17-15(18(12)27)14(21)8-11(16(17)22)7-10-5-3-4-6-13(10)20(23,24)25/h3-6,8-9H,2,7H2,1H3,(H,26,27). The van der Waals surface area contributed by atoms with Gasteiger partial charge in [-0.15, -0.1) is 0 Å². The molecular weight excluding hydrogens is 397 g/mol. The van der Waals surface area contributed by atoms with Crippen LogP contribution in [0.5, 0.6) is 0 Å².